The van der Waals surface area contributed by atoms with Crippen LogP contribution >= 0.6 is 0 Å². The third kappa shape index (κ3) is 3.27. The van der Waals surface area contributed by atoms with E-state index in [0.29, 0.717) is 36.7 Å². The highest BCUT2D eigenvalue weighted by Gasteiger charge is 2.29. The molecule has 0 spiro atoms. The Hall–Kier alpha value is -3.58. The van der Waals surface area contributed by atoms with Gasteiger partial charge in [0.15, 0.2) is 11.6 Å². The summed E-state index contributed by atoms with van der Waals surface area (Å²) in [7, 11) is 1.52. The summed E-state index contributed by atoms with van der Waals surface area (Å²) < 4.78 is 4.08. The first-order valence-corrected chi connectivity index (χ1v) is 10.3. The summed E-state index contributed by atoms with van der Waals surface area (Å²) in [6.45, 7) is 3.45. The second kappa shape index (κ2) is 7.92. The van der Waals surface area contributed by atoms with Gasteiger partial charge in [0.25, 0.3) is 5.56 Å². The number of aromatic nitrogens is 4. The summed E-state index contributed by atoms with van der Waals surface area (Å²) in [5.74, 6) is 0.415. The molecule has 1 atom stereocenters. The number of nitrogens with two attached hydrogens (primary N) is 1. The van der Waals surface area contributed by atoms with Crippen LogP contribution in [0.25, 0.3) is 11.0 Å². The number of nitriles is 1. The molecule has 1 aliphatic heterocycles. The second-order valence-corrected chi connectivity index (χ2v) is 7.80. The number of aryl methyl sites for hydroxylation is 2. The number of piperidine rings is 1. The molecule has 0 aromatic carbocycles. The maximum absolute atomic E-state index is 13.5. The van der Waals surface area contributed by atoms with E-state index in [-0.39, 0.29) is 29.4 Å². The van der Waals surface area contributed by atoms with Crippen LogP contribution in [-0.4, -0.2) is 42.9 Å². The van der Waals surface area contributed by atoms with Gasteiger partial charge in [0, 0.05) is 38.9 Å². The molecule has 0 saturated carbocycles. The van der Waals surface area contributed by atoms with E-state index < -0.39 is 11.2 Å². The van der Waals surface area contributed by atoms with Gasteiger partial charge in [-0.3, -0.25) is 18.9 Å². The molecule has 4 rings (SSSR count). The number of anilines is 1. The summed E-state index contributed by atoms with van der Waals surface area (Å²) in [5.41, 5.74) is 6.09. The van der Waals surface area contributed by atoms with Gasteiger partial charge in [-0.2, -0.15) is 5.26 Å². The van der Waals surface area contributed by atoms with Gasteiger partial charge in [-0.15, -0.1) is 0 Å². The summed E-state index contributed by atoms with van der Waals surface area (Å²) >= 11 is 0. The highest BCUT2D eigenvalue weighted by molar-refractivity contribution is 5.90. The zero-order valence-corrected chi connectivity index (χ0v) is 17.6. The van der Waals surface area contributed by atoms with Crippen molar-refractivity contribution in [2.24, 2.45) is 12.8 Å². The van der Waals surface area contributed by atoms with E-state index in [1.54, 1.807) is 16.7 Å². The lowest BCUT2D eigenvalue weighted by Gasteiger charge is -2.33. The third-order valence-electron chi connectivity index (χ3n) is 5.88. The zero-order chi connectivity index (χ0) is 22.3. The molecule has 1 aliphatic rings. The van der Waals surface area contributed by atoms with Crippen LogP contribution in [0.1, 0.15) is 31.0 Å². The van der Waals surface area contributed by atoms with Crippen LogP contribution in [0.15, 0.2) is 27.9 Å². The van der Waals surface area contributed by atoms with Crippen LogP contribution in [0.4, 0.5) is 5.82 Å². The van der Waals surface area contributed by atoms with Crippen molar-refractivity contribution in [3.05, 3.63) is 50.4 Å². The minimum atomic E-state index is -0.586. The topological polar surface area (TPSA) is 135 Å². The van der Waals surface area contributed by atoms with Crippen molar-refractivity contribution >= 4 is 16.9 Å². The Bertz CT molecular complexity index is 1310. The first kappa shape index (κ1) is 20.7. The average molecular weight is 423 g/mol. The molecule has 3 aromatic heterocycles. The van der Waals surface area contributed by atoms with Crippen LogP contribution < -0.4 is 21.9 Å². The SMILES string of the molecule is CCn1c(N2CCC[C@@H](N)C2)c(O)c2c1c(=O)n(Cc1ncccc1C#N)c(=O)n2C. The Morgan fingerprint density at radius 2 is 2.10 bits per heavy atom. The fraction of sp³-hybridized carbons (Fsp3) is 0.429. The largest absolute Gasteiger partial charge is 0.503 e. The third-order valence-corrected chi connectivity index (χ3v) is 5.88. The van der Waals surface area contributed by atoms with Gasteiger partial charge in [0.2, 0.25) is 0 Å². The predicted octanol–water partition coefficient (Wildman–Crippen LogP) is 0.470. The summed E-state index contributed by atoms with van der Waals surface area (Å²) in [6.07, 6.45) is 3.30. The first-order valence-electron chi connectivity index (χ1n) is 10.3. The number of fused-ring (bicyclic) bond motifs is 1. The molecule has 31 heavy (non-hydrogen) atoms. The van der Waals surface area contributed by atoms with Gasteiger partial charge in [-0.1, -0.05) is 0 Å². The smallest absolute Gasteiger partial charge is 0.331 e. The second-order valence-electron chi connectivity index (χ2n) is 7.80. The number of aromatic hydroxyl groups is 1. The average Bonchev–Trinajstić information content (AvgIpc) is 3.07. The van der Waals surface area contributed by atoms with E-state index in [1.165, 1.54) is 17.8 Å². The highest BCUT2D eigenvalue weighted by atomic mass is 16.3. The van der Waals surface area contributed by atoms with Gasteiger partial charge in [-0.25, -0.2) is 4.79 Å². The van der Waals surface area contributed by atoms with Crippen molar-refractivity contribution in [2.75, 3.05) is 18.0 Å². The molecule has 162 valence electrons. The molecule has 0 radical (unpaired) electrons. The normalized spacial score (nSPS) is 16.6. The molecule has 0 aliphatic carbocycles. The standard InChI is InChI=1S/C21H25N7O3/c1-3-27-17-16(18(29)19(27)26-9-5-7-14(23)11-26)25(2)21(31)28(20(17)30)12-15-13(10-22)6-4-8-24-15/h4,6,8,14,29H,3,5,7,9,11-12,23H2,1-2H3/t14-/m1/s1. The van der Waals surface area contributed by atoms with Crippen molar-refractivity contribution in [2.45, 2.75) is 38.9 Å². The van der Waals surface area contributed by atoms with Gasteiger partial charge in [0.05, 0.1) is 17.8 Å². The lowest BCUT2D eigenvalue weighted by Crippen LogP contribution is -2.43. The fourth-order valence-electron chi connectivity index (χ4n) is 4.39. The van der Waals surface area contributed by atoms with Crippen molar-refractivity contribution < 1.29 is 5.11 Å². The van der Waals surface area contributed by atoms with E-state index in [9.17, 15) is 20.0 Å². The summed E-state index contributed by atoms with van der Waals surface area (Å²) in [4.78, 5) is 32.7. The van der Waals surface area contributed by atoms with Crippen LogP contribution in [0.5, 0.6) is 5.75 Å². The molecule has 10 nitrogen and oxygen atoms in total. The van der Waals surface area contributed by atoms with E-state index in [4.69, 9.17) is 5.73 Å². The lowest BCUT2D eigenvalue weighted by atomic mass is 10.1. The molecule has 0 amide bonds. The summed E-state index contributed by atoms with van der Waals surface area (Å²) in [6, 6.07) is 5.24. The Balaban J connectivity index is 1.97. The first-order chi connectivity index (χ1) is 14.9. The highest BCUT2D eigenvalue weighted by Crippen LogP contribution is 2.37. The number of hydrogen-bond donors (Lipinski definition) is 2. The fourth-order valence-corrected chi connectivity index (χ4v) is 4.39. The molecule has 10 heteroatoms. The maximum atomic E-state index is 13.5. The van der Waals surface area contributed by atoms with E-state index in [1.807, 2.05) is 17.9 Å². The van der Waals surface area contributed by atoms with Gasteiger partial charge < -0.3 is 20.3 Å². The lowest BCUT2D eigenvalue weighted by molar-refractivity contribution is 0.458. The minimum absolute atomic E-state index is 0.0227. The van der Waals surface area contributed by atoms with Crippen molar-refractivity contribution in [1.82, 2.24) is 18.7 Å². The zero-order valence-electron chi connectivity index (χ0n) is 17.6. The molecule has 3 N–H and O–H groups in total. The number of pyridine rings is 1. The molecular formula is C21H25N7O3. The Morgan fingerprint density at radius 3 is 2.77 bits per heavy atom. The van der Waals surface area contributed by atoms with Crippen LogP contribution in [0.3, 0.4) is 0 Å². The van der Waals surface area contributed by atoms with E-state index in [2.05, 4.69) is 4.98 Å². The number of hydrogen-bond acceptors (Lipinski definition) is 7. The molecule has 1 fully saturated rings. The van der Waals surface area contributed by atoms with Crippen LogP contribution in [0, 0.1) is 11.3 Å². The van der Waals surface area contributed by atoms with Crippen molar-refractivity contribution in [3.63, 3.8) is 0 Å². The van der Waals surface area contributed by atoms with Crippen LogP contribution in [-0.2, 0) is 20.1 Å². The van der Waals surface area contributed by atoms with Gasteiger partial charge in [0.1, 0.15) is 17.1 Å². The van der Waals surface area contributed by atoms with Gasteiger partial charge >= 0.3 is 5.69 Å². The van der Waals surface area contributed by atoms with E-state index >= 15 is 0 Å². The monoisotopic (exact) mass is 423 g/mol. The quantitative estimate of drug-likeness (QED) is 0.623. The Kier molecular flexibility index (Phi) is 5.29. The summed E-state index contributed by atoms with van der Waals surface area (Å²) in [5, 5.41) is 20.4. The predicted molar refractivity (Wildman–Crippen MR) is 116 cm³/mol. The van der Waals surface area contributed by atoms with Gasteiger partial charge in [-0.05, 0) is 31.9 Å². The van der Waals surface area contributed by atoms with E-state index in [0.717, 1.165) is 17.4 Å². The van der Waals surface area contributed by atoms with Crippen molar-refractivity contribution in [3.8, 4) is 11.8 Å². The van der Waals surface area contributed by atoms with Crippen LogP contribution in [0.2, 0.25) is 0 Å². The molecule has 4 heterocycles. The Labute approximate surface area is 178 Å². The maximum Gasteiger partial charge on any atom is 0.331 e. The molecule has 1 saturated heterocycles. The Morgan fingerprint density at radius 1 is 1.32 bits per heavy atom. The molecule has 0 bridgehead atoms. The minimum Gasteiger partial charge on any atom is -0.503 e. The molecule has 3 aromatic rings. The number of nitrogens with zero attached hydrogens (tertiary/aromatic N) is 6. The molecule has 0 unspecified atom stereocenters. The molecular weight excluding hydrogens is 398 g/mol. The van der Waals surface area contributed by atoms with Crippen molar-refractivity contribution in [1.29, 1.82) is 5.26 Å². The number of rotatable bonds is 4.